The van der Waals surface area contributed by atoms with E-state index >= 15 is 0 Å². The molecule has 0 aliphatic carbocycles. The maximum atomic E-state index is 10.8. The molecule has 0 aromatic rings. The molecule has 0 aromatic carbocycles. The van der Waals surface area contributed by atoms with Gasteiger partial charge in [-0.25, -0.2) is 0 Å². The van der Waals surface area contributed by atoms with Crippen LogP contribution < -0.4 is 5.32 Å². The Labute approximate surface area is 152 Å². The van der Waals surface area contributed by atoms with Crippen LogP contribution in [0.25, 0.3) is 0 Å². The van der Waals surface area contributed by atoms with E-state index in [4.69, 9.17) is 5.11 Å². The molecule has 0 spiro atoms. The van der Waals surface area contributed by atoms with E-state index in [1.807, 2.05) is 0 Å². The Hall–Kier alpha value is 0.390. The summed E-state index contributed by atoms with van der Waals surface area (Å²) in [5, 5.41) is 21.1. The van der Waals surface area contributed by atoms with Crippen LogP contribution in [-0.4, -0.2) is 64.4 Å². The summed E-state index contributed by atoms with van der Waals surface area (Å²) in [5.41, 5.74) is 0. The summed E-state index contributed by atoms with van der Waals surface area (Å²) in [6.07, 6.45) is 11.8. The molecule has 3 N–H and O–H groups in total. The number of hydrogen-bond donors (Lipinski definition) is 3. The quantitative estimate of drug-likeness (QED) is 0.341. The van der Waals surface area contributed by atoms with Crippen LogP contribution in [0.1, 0.15) is 78.1 Å². The average Bonchev–Trinajstić information content (AvgIpc) is 2.39. The van der Waals surface area contributed by atoms with Gasteiger partial charge in [-0.15, -0.1) is 0 Å². The van der Waals surface area contributed by atoms with Crippen molar-refractivity contribution in [3.05, 3.63) is 0 Å². The second-order valence-electron chi connectivity index (χ2n) is 5.69. The van der Waals surface area contributed by atoms with Crippen molar-refractivity contribution in [1.29, 1.82) is 0 Å². The molecule has 2 unspecified atom stereocenters. The van der Waals surface area contributed by atoms with E-state index in [2.05, 4.69) is 12.2 Å². The van der Waals surface area contributed by atoms with Crippen LogP contribution in [0.5, 0.6) is 0 Å². The maximum absolute atomic E-state index is 10.8. The minimum absolute atomic E-state index is 0. The second-order valence-corrected chi connectivity index (χ2v) is 5.69. The minimum atomic E-state index is -0.980. The third kappa shape index (κ3) is 15.1. The molecule has 21 heavy (non-hydrogen) atoms. The van der Waals surface area contributed by atoms with Gasteiger partial charge in [0.05, 0.1) is 6.10 Å². The Morgan fingerprint density at radius 3 is 1.76 bits per heavy atom. The van der Waals surface area contributed by atoms with E-state index in [9.17, 15) is 9.90 Å². The number of hydrogen-bond acceptors (Lipinski definition) is 3. The van der Waals surface area contributed by atoms with Gasteiger partial charge in [0.2, 0.25) is 0 Å². The van der Waals surface area contributed by atoms with Crippen molar-refractivity contribution in [3.63, 3.8) is 0 Å². The van der Waals surface area contributed by atoms with Gasteiger partial charge in [-0.1, -0.05) is 64.7 Å². The van der Waals surface area contributed by atoms with E-state index in [-0.39, 0.29) is 29.6 Å². The molecule has 0 saturated heterocycles. The van der Waals surface area contributed by atoms with Gasteiger partial charge in [0.1, 0.15) is 6.04 Å². The zero-order valence-corrected chi connectivity index (χ0v) is 13.2. The summed E-state index contributed by atoms with van der Waals surface area (Å²) in [6.45, 7) is 4.41. The first-order valence-electron chi connectivity index (χ1n) is 8.23. The van der Waals surface area contributed by atoms with Crippen LogP contribution in [0.3, 0.4) is 0 Å². The van der Waals surface area contributed by atoms with Gasteiger partial charge in [0.15, 0.2) is 0 Å². The molecular weight excluding hydrogens is 277 g/mol. The molecular formula is C16H34NNaO3. The molecule has 4 nitrogen and oxygen atoms in total. The van der Waals surface area contributed by atoms with Gasteiger partial charge in [-0.3, -0.25) is 4.79 Å². The Kier molecular flexibility index (Phi) is 18.9. The Bertz CT molecular complexity index is 238. The number of unbranched alkanes of at least 4 members (excludes halogenated alkanes) is 9. The summed E-state index contributed by atoms with van der Waals surface area (Å²) < 4.78 is 0. The van der Waals surface area contributed by atoms with E-state index in [0.717, 1.165) is 12.8 Å². The number of nitrogens with one attached hydrogen (secondary N) is 1. The predicted molar refractivity (Wildman–Crippen MR) is 90.1 cm³/mol. The number of carboxylic acid groups (broad SMARTS) is 1. The Balaban J connectivity index is 0. The van der Waals surface area contributed by atoms with Gasteiger partial charge in [-0.05, 0) is 19.9 Å². The zero-order chi connectivity index (χ0) is 15.2. The molecule has 0 rings (SSSR count). The first-order chi connectivity index (χ1) is 9.59. The molecule has 122 valence electrons. The van der Waals surface area contributed by atoms with Crippen molar-refractivity contribution < 1.29 is 15.0 Å². The molecule has 0 heterocycles. The number of aliphatic carboxylic acids is 1. The first kappa shape index (κ1) is 23.7. The van der Waals surface area contributed by atoms with Gasteiger partial charge >= 0.3 is 35.5 Å². The first-order valence-corrected chi connectivity index (χ1v) is 8.23. The van der Waals surface area contributed by atoms with Gasteiger partial charge in [0.25, 0.3) is 0 Å². The fourth-order valence-electron chi connectivity index (χ4n) is 2.33. The zero-order valence-electron chi connectivity index (χ0n) is 13.2. The molecule has 0 saturated carbocycles. The molecule has 0 amide bonds. The normalized spacial score (nSPS) is 13.5. The van der Waals surface area contributed by atoms with Crippen LogP contribution in [0.15, 0.2) is 0 Å². The number of aliphatic hydroxyl groups is 1. The summed E-state index contributed by atoms with van der Waals surface area (Å²) in [7, 11) is 0. The Morgan fingerprint density at radius 2 is 1.38 bits per heavy atom. The van der Waals surface area contributed by atoms with Crippen LogP contribution in [0.2, 0.25) is 0 Å². The molecule has 0 aliphatic heterocycles. The van der Waals surface area contributed by atoms with E-state index < -0.39 is 18.1 Å². The third-order valence-corrected chi connectivity index (χ3v) is 3.64. The molecule has 0 radical (unpaired) electrons. The molecule has 0 aliphatic rings. The molecule has 0 bridgehead atoms. The average molecular weight is 311 g/mol. The van der Waals surface area contributed by atoms with E-state index in [1.165, 1.54) is 58.3 Å². The summed E-state index contributed by atoms with van der Waals surface area (Å²) in [5.74, 6) is -0.980. The van der Waals surface area contributed by atoms with Gasteiger partial charge in [0, 0.05) is 0 Å². The topological polar surface area (TPSA) is 69.6 Å². The van der Waals surface area contributed by atoms with Gasteiger partial charge < -0.3 is 15.5 Å². The van der Waals surface area contributed by atoms with Crippen molar-refractivity contribution in [3.8, 4) is 0 Å². The van der Waals surface area contributed by atoms with E-state index in [0.29, 0.717) is 6.54 Å². The molecule has 5 heteroatoms. The third-order valence-electron chi connectivity index (χ3n) is 3.64. The van der Waals surface area contributed by atoms with Crippen molar-refractivity contribution in [2.24, 2.45) is 0 Å². The van der Waals surface area contributed by atoms with Gasteiger partial charge in [-0.2, -0.15) is 0 Å². The standard InChI is InChI=1S/C16H33NO3.Na.H/c1-3-4-5-6-7-8-9-10-11-12-13-17-15(14(2)18)16(19)20;;/h14-15,17-18H,3-13H2,1-2H3,(H,19,20);;. The number of aliphatic hydroxyl groups excluding tert-OH is 1. The van der Waals surface area contributed by atoms with Crippen LogP contribution >= 0.6 is 0 Å². The predicted octanol–water partition coefficient (Wildman–Crippen LogP) is 2.68. The molecule has 0 aromatic heterocycles. The monoisotopic (exact) mass is 311 g/mol. The molecule has 2 atom stereocenters. The fourth-order valence-corrected chi connectivity index (χ4v) is 2.33. The SMILES string of the molecule is CCCCCCCCCCCCNC(C(=O)O)C(C)O.[NaH]. The molecule has 0 fully saturated rings. The second kappa shape index (κ2) is 16.8. The van der Waals surface area contributed by atoms with Crippen molar-refractivity contribution in [2.75, 3.05) is 6.54 Å². The van der Waals surface area contributed by atoms with Crippen LogP contribution in [-0.2, 0) is 4.79 Å². The van der Waals surface area contributed by atoms with Crippen LogP contribution in [0.4, 0.5) is 0 Å². The number of carbonyl (C=O) groups is 1. The number of rotatable bonds is 14. The Morgan fingerprint density at radius 1 is 0.952 bits per heavy atom. The fraction of sp³-hybridized carbons (Fsp3) is 0.938. The van der Waals surface area contributed by atoms with Crippen molar-refractivity contribution in [2.45, 2.75) is 90.2 Å². The van der Waals surface area contributed by atoms with E-state index in [1.54, 1.807) is 0 Å². The summed E-state index contributed by atoms with van der Waals surface area (Å²) in [4.78, 5) is 10.8. The number of carboxylic acids is 1. The summed E-state index contributed by atoms with van der Waals surface area (Å²) in [6, 6.07) is -0.839. The van der Waals surface area contributed by atoms with Crippen molar-refractivity contribution >= 4 is 35.5 Å². The van der Waals surface area contributed by atoms with Crippen LogP contribution in [0, 0.1) is 0 Å². The summed E-state index contributed by atoms with van der Waals surface area (Å²) >= 11 is 0. The van der Waals surface area contributed by atoms with Crippen molar-refractivity contribution in [1.82, 2.24) is 5.32 Å².